The normalized spacial score (nSPS) is 18.6. The third-order valence-electron chi connectivity index (χ3n) is 1.15. The molecule has 1 fully saturated rings. The zero-order valence-corrected chi connectivity index (χ0v) is 6.19. The van der Waals surface area contributed by atoms with Gasteiger partial charge in [0.1, 0.15) is 0 Å². The summed E-state index contributed by atoms with van der Waals surface area (Å²) in [7, 11) is 1.81. The monoisotopic (exact) mass is 149 g/mol. The molecule has 0 aromatic rings. The molecule has 0 spiro atoms. The summed E-state index contributed by atoms with van der Waals surface area (Å²) in [5, 5.41) is 0. The van der Waals surface area contributed by atoms with Gasteiger partial charge in [-0.1, -0.05) is 6.42 Å². The molecular formula is C5H8NOV-. The van der Waals surface area contributed by atoms with Gasteiger partial charge >= 0.3 is 0 Å². The summed E-state index contributed by atoms with van der Waals surface area (Å²) < 4.78 is 0. The van der Waals surface area contributed by atoms with Crippen LogP contribution < -0.4 is 0 Å². The second-order valence-corrected chi connectivity index (χ2v) is 1.77. The fourth-order valence-electron chi connectivity index (χ4n) is 0.639. The van der Waals surface area contributed by atoms with E-state index in [-0.39, 0.29) is 24.5 Å². The zero-order valence-electron chi connectivity index (χ0n) is 4.79. The Morgan fingerprint density at radius 2 is 2.38 bits per heavy atom. The van der Waals surface area contributed by atoms with Gasteiger partial charge in [-0.15, -0.1) is 6.54 Å². The zero-order chi connectivity index (χ0) is 5.28. The minimum Gasteiger partial charge on any atom is -0.378 e. The molecule has 1 heterocycles. The Morgan fingerprint density at radius 3 is 2.50 bits per heavy atom. The molecule has 1 aliphatic heterocycles. The van der Waals surface area contributed by atoms with Gasteiger partial charge in [-0.2, -0.15) is 0 Å². The Hall–Kier alpha value is 0.0544. The van der Waals surface area contributed by atoms with Gasteiger partial charge in [0.05, 0.1) is 0 Å². The first-order chi connectivity index (χ1) is 3.30. The predicted octanol–water partition coefficient (Wildman–Crippen LogP) is 0.0503. The molecule has 1 radical (unpaired) electrons. The number of hydrogen-bond donors (Lipinski definition) is 0. The molecule has 1 saturated heterocycles. The summed E-state index contributed by atoms with van der Waals surface area (Å²) in [6, 6.07) is 0. The summed E-state index contributed by atoms with van der Waals surface area (Å²) in [6.45, 7) is 0.832. The van der Waals surface area contributed by atoms with Crippen molar-refractivity contribution in [2.24, 2.45) is 0 Å². The number of rotatable bonds is 0. The number of hydrogen-bond acceptors (Lipinski definition) is 1. The van der Waals surface area contributed by atoms with Crippen molar-refractivity contribution < 1.29 is 23.4 Å². The molecule has 0 aromatic heterocycles. The van der Waals surface area contributed by atoms with Gasteiger partial charge in [0.25, 0.3) is 0 Å². The van der Waals surface area contributed by atoms with E-state index < -0.39 is 0 Å². The maximum absolute atomic E-state index is 10.5. The van der Waals surface area contributed by atoms with E-state index in [4.69, 9.17) is 0 Å². The summed E-state index contributed by atoms with van der Waals surface area (Å²) in [5.74, 6) is 0.236. The first-order valence-corrected chi connectivity index (χ1v) is 2.36. The molecule has 1 aliphatic rings. The molecular weight excluding hydrogens is 141 g/mol. The Balaban J connectivity index is 0.000000490. The van der Waals surface area contributed by atoms with Crippen molar-refractivity contribution in [3.63, 3.8) is 0 Å². The molecule has 0 bridgehead atoms. The van der Waals surface area contributed by atoms with Gasteiger partial charge in [0.15, 0.2) is 5.91 Å². The predicted molar refractivity (Wildman–Crippen MR) is 26.6 cm³/mol. The average molecular weight is 149 g/mol. The Morgan fingerprint density at radius 1 is 1.75 bits per heavy atom. The average Bonchev–Trinajstić information content (AvgIpc) is 1.91. The van der Waals surface area contributed by atoms with Crippen LogP contribution >= 0.6 is 0 Å². The van der Waals surface area contributed by atoms with Crippen LogP contribution in [0.25, 0.3) is 0 Å². The van der Waals surface area contributed by atoms with Crippen LogP contribution in [0.3, 0.4) is 0 Å². The minimum absolute atomic E-state index is 0. The molecule has 0 atom stereocenters. The first-order valence-electron chi connectivity index (χ1n) is 2.36. The minimum atomic E-state index is 0. The van der Waals surface area contributed by atoms with Crippen LogP contribution in [0.15, 0.2) is 0 Å². The first kappa shape index (κ1) is 8.05. The van der Waals surface area contributed by atoms with Gasteiger partial charge < -0.3 is 11.3 Å². The van der Waals surface area contributed by atoms with Gasteiger partial charge in [0, 0.05) is 25.6 Å². The molecule has 45 valence electrons. The summed E-state index contributed by atoms with van der Waals surface area (Å²) >= 11 is 0. The fourth-order valence-corrected chi connectivity index (χ4v) is 0.639. The topological polar surface area (TPSA) is 20.3 Å². The largest absolute Gasteiger partial charge is 0.378 e. The van der Waals surface area contributed by atoms with Crippen molar-refractivity contribution in [2.75, 3.05) is 13.6 Å². The third kappa shape index (κ3) is 1.53. The van der Waals surface area contributed by atoms with E-state index in [1.807, 2.05) is 13.5 Å². The van der Waals surface area contributed by atoms with Gasteiger partial charge in [0.2, 0.25) is 0 Å². The Labute approximate surface area is 61.1 Å². The van der Waals surface area contributed by atoms with Crippen LogP contribution in [-0.4, -0.2) is 24.4 Å². The van der Waals surface area contributed by atoms with Crippen molar-refractivity contribution in [2.45, 2.75) is 6.42 Å². The molecule has 0 unspecified atom stereocenters. The van der Waals surface area contributed by atoms with Crippen molar-refractivity contribution >= 4 is 5.91 Å². The van der Waals surface area contributed by atoms with E-state index in [0.29, 0.717) is 6.42 Å². The van der Waals surface area contributed by atoms with E-state index in [9.17, 15) is 4.79 Å². The van der Waals surface area contributed by atoms with Gasteiger partial charge in [-0.3, -0.25) is 4.79 Å². The smallest absolute Gasteiger partial charge is 0.190 e. The van der Waals surface area contributed by atoms with E-state index in [2.05, 4.69) is 0 Å². The van der Waals surface area contributed by atoms with Crippen molar-refractivity contribution in [1.82, 2.24) is 4.90 Å². The molecule has 1 amide bonds. The Bertz CT molecular complexity index is 94.4. The maximum atomic E-state index is 10.5. The summed E-state index contributed by atoms with van der Waals surface area (Å²) in [4.78, 5) is 12.2. The molecule has 8 heavy (non-hydrogen) atoms. The SMILES string of the molecule is CN1C[CH-]CC1=O.[V]. The van der Waals surface area contributed by atoms with Crippen LogP contribution in [0.5, 0.6) is 0 Å². The molecule has 0 saturated carbocycles. The van der Waals surface area contributed by atoms with Gasteiger partial charge in [-0.05, 0) is 0 Å². The molecule has 3 heteroatoms. The third-order valence-corrected chi connectivity index (χ3v) is 1.15. The summed E-state index contributed by atoms with van der Waals surface area (Å²) in [5.41, 5.74) is 0. The van der Waals surface area contributed by atoms with E-state index in [1.54, 1.807) is 4.90 Å². The molecule has 0 aromatic carbocycles. The van der Waals surface area contributed by atoms with Crippen LogP contribution in [0.1, 0.15) is 6.42 Å². The van der Waals surface area contributed by atoms with Crippen molar-refractivity contribution in [3.8, 4) is 0 Å². The van der Waals surface area contributed by atoms with Crippen molar-refractivity contribution in [3.05, 3.63) is 6.42 Å². The summed E-state index contributed by atoms with van der Waals surface area (Å²) in [6.07, 6.45) is 2.61. The quantitative estimate of drug-likeness (QED) is 0.445. The van der Waals surface area contributed by atoms with Crippen LogP contribution in [0, 0.1) is 6.42 Å². The number of carbonyl (C=O) groups is 1. The van der Waals surface area contributed by atoms with E-state index in [0.717, 1.165) is 6.54 Å². The van der Waals surface area contributed by atoms with E-state index in [1.165, 1.54) is 0 Å². The van der Waals surface area contributed by atoms with Gasteiger partial charge in [-0.25, -0.2) is 0 Å². The second-order valence-electron chi connectivity index (χ2n) is 1.77. The van der Waals surface area contributed by atoms with Crippen LogP contribution in [0.2, 0.25) is 0 Å². The van der Waals surface area contributed by atoms with Crippen LogP contribution in [0.4, 0.5) is 0 Å². The fraction of sp³-hybridized carbons (Fsp3) is 0.600. The standard InChI is InChI=1S/C5H8NO.V/c1-6-4-2-3-5(6)7;/h2H,3-4H2,1H3;/q-1;. The molecule has 0 aliphatic carbocycles. The van der Waals surface area contributed by atoms with Crippen LogP contribution in [-0.2, 0) is 23.4 Å². The van der Waals surface area contributed by atoms with E-state index >= 15 is 0 Å². The number of nitrogens with zero attached hydrogens (tertiary/aromatic N) is 1. The molecule has 1 rings (SSSR count). The molecule has 2 nitrogen and oxygen atoms in total. The number of likely N-dealkylation sites (tertiary alicyclic amines) is 1. The number of amides is 1. The van der Waals surface area contributed by atoms with Crippen molar-refractivity contribution in [1.29, 1.82) is 0 Å². The second kappa shape index (κ2) is 3.15. The maximum Gasteiger partial charge on any atom is 0.190 e. The Kier molecular flexibility index (Phi) is 3.18. The number of carbonyl (C=O) groups excluding carboxylic acids is 1. The molecule has 0 N–H and O–H groups in total.